The zero-order chi connectivity index (χ0) is 11.4. The molecule has 0 N–H and O–H groups in total. The van der Waals surface area contributed by atoms with Gasteiger partial charge in [-0.15, -0.1) is 0 Å². The van der Waals surface area contributed by atoms with Gasteiger partial charge in [0, 0.05) is 6.54 Å². The topological polar surface area (TPSA) is 27.0 Å². The molecule has 0 saturated carbocycles. The van der Waals surface area contributed by atoms with E-state index in [2.05, 4.69) is 23.1 Å². The van der Waals surface area contributed by atoms with Crippen molar-refractivity contribution >= 4 is 0 Å². The van der Waals surface area contributed by atoms with E-state index in [1.165, 1.54) is 37.9 Å². The Morgan fingerprint density at radius 2 is 2.00 bits per heavy atom. The molecule has 1 aromatic carbocycles. The number of nitriles is 1. The fraction of sp³-hybridized carbons (Fsp3) is 0.500. The molecule has 0 radical (unpaired) electrons. The molecular weight excluding hydrogens is 196 g/mol. The van der Waals surface area contributed by atoms with Gasteiger partial charge >= 0.3 is 0 Å². The van der Waals surface area contributed by atoms with Crippen molar-refractivity contribution in [2.45, 2.75) is 32.7 Å². The number of rotatable bonds is 2. The Bertz CT molecular complexity index is 398. The molecule has 0 atom stereocenters. The molecule has 1 heterocycles. The van der Waals surface area contributed by atoms with Gasteiger partial charge in [0.25, 0.3) is 0 Å². The summed E-state index contributed by atoms with van der Waals surface area (Å²) < 4.78 is 0. The van der Waals surface area contributed by atoms with E-state index in [0.717, 1.165) is 17.7 Å². The smallest absolute Gasteiger partial charge is 0.0994 e. The number of hydrogen-bond acceptors (Lipinski definition) is 2. The number of hydrogen-bond donors (Lipinski definition) is 0. The first-order chi connectivity index (χ1) is 7.79. The molecule has 1 aliphatic rings. The van der Waals surface area contributed by atoms with E-state index < -0.39 is 0 Å². The molecule has 0 aliphatic carbocycles. The van der Waals surface area contributed by atoms with Gasteiger partial charge in [-0.1, -0.05) is 18.6 Å². The Hall–Kier alpha value is -1.33. The lowest BCUT2D eigenvalue weighted by Gasteiger charge is -2.26. The maximum atomic E-state index is 8.99. The number of piperidine rings is 1. The van der Waals surface area contributed by atoms with Crippen molar-refractivity contribution in [2.75, 3.05) is 13.1 Å². The summed E-state index contributed by atoms with van der Waals surface area (Å²) in [5.41, 5.74) is 3.16. The summed E-state index contributed by atoms with van der Waals surface area (Å²) in [4.78, 5) is 2.48. The lowest BCUT2D eigenvalue weighted by atomic mass is 10.0. The fourth-order valence-electron chi connectivity index (χ4n) is 2.26. The van der Waals surface area contributed by atoms with E-state index in [1.54, 1.807) is 0 Å². The molecule has 16 heavy (non-hydrogen) atoms. The minimum absolute atomic E-state index is 0.814. The molecule has 0 bridgehead atoms. The van der Waals surface area contributed by atoms with Crippen molar-refractivity contribution in [2.24, 2.45) is 0 Å². The lowest BCUT2D eigenvalue weighted by Crippen LogP contribution is -2.29. The van der Waals surface area contributed by atoms with E-state index in [1.807, 2.05) is 13.0 Å². The molecule has 0 aromatic heterocycles. The van der Waals surface area contributed by atoms with E-state index in [-0.39, 0.29) is 0 Å². The van der Waals surface area contributed by atoms with Gasteiger partial charge in [-0.2, -0.15) is 5.26 Å². The van der Waals surface area contributed by atoms with Crippen molar-refractivity contribution in [1.82, 2.24) is 4.90 Å². The number of nitrogens with zero attached hydrogens (tertiary/aromatic N) is 2. The molecule has 1 saturated heterocycles. The Labute approximate surface area is 97.5 Å². The van der Waals surface area contributed by atoms with Crippen molar-refractivity contribution in [3.05, 3.63) is 34.9 Å². The van der Waals surface area contributed by atoms with Crippen LogP contribution in [0.15, 0.2) is 18.2 Å². The summed E-state index contributed by atoms with van der Waals surface area (Å²) in [7, 11) is 0. The first-order valence-electron chi connectivity index (χ1n) is 6.01. The summed E-state index contributed by atoms with van der Waals surface area (Å²) in [6, 6.07) is 8.48. The van der Waals surface area contributed by atoms with Gasteiger partial charge in [-0.25, -0.2) is 0 Å². The largest absolute Gasteiger partial charge is 0.299 e. The van der Waals surface area contributed by atoms with Crippen LogP contribution < -0.4 is 0 Å². The molecule has 1 aliphatic heterocycles. The summed E-state index contributed by atoms with van der Waals surface area (Å²) in [5.74, 6) is 0. The predicted molar refractivity (Wildman–Crippen MR) is 65.0 cm³/mol. The Morgan fingerprint density at radius 3 is 2.69 bits per heavy atom. The molecular formula is C14H18N2. The molecule has 0 unspecified atom stereocenters. The van der Waals surface area contributed by atoms with Gasteiger partial charge < -0.3 is 0 Å². The van der Waals surface area contributed by atoms with E-state index in [9.17, 15) is 0 Å². The number of likely N-dealkylation sites (tertiary alicyclic amines) is 1. The van der Waals surface area contributed by atoms with Crippen LogP contribution in [0.1, 0.15) is 36.0 Å². The first-order valence-corrected chi connectivity index (χ1v) is 6.01. The zero-order valence-electron chi connectivity index (χ0n) is 9.87. The highest BCUT2D eigenvalue weighted by molar-refractivity contribution is 5.39. The standard InChI is InChI=1S/C14H18N2/c1-12-5-6-13(9-14(12)10-15)11-16-7-3-2-4-8-16/h5-6,9H,2-4,7-8,11H2,1H3. The van der Waals surface area contributed by atoms with Crippen LogP contribution >= 0.6 is 0 Å². The predicted octanol–water partition coefficient (Wildman–Crippen LogP) is 2.85. The molecule has 2 rings (SSSR count). The summed E-state index contributed by atoms with van der Waals surface area (Å²) in [5, 5.41) is 8.99. The third kappa shape index (κ3) is 2.62. The quantitative estimate of drug-likeness (QED) is 0.757. The zero-order valence-corrected chi connectivity index (χ0v) is 9.87. The molecule has 2 nitrogen and oxygen atoms in total. The van der Waals surface area contributed by atoms with Gasteiger partial charge in [0.2, 0.25) is 0 Å². The van der Waals surface area contributed by atoms with Gasteiger partial charge in [0.1, 0.15) is 0 Å². The second-order valence-electron chi connectivity index (χ2n) is 4.60. The summed E-state index contributed by atoms with van der Waals surface area (Å²) >= 11 is 0. The highest BCUT2D eigenvalue weighted by atomic mass is 15.1. The number of aryl methyl sites for hydroxylation is 1. The second-order valence-corrected chi connectivity index (χ2v) is 4.60. The minimum Gasteiger partial charge on any atom is -0.299 e. The van der Waals surface area contributed by atoms with Crippen LogP contribution in [0.5, 0.6) is 0 Å². The van der Waals surface area contributed by atoms with Gasteiger partial charge in [0.05, 0.1) is 11.6 Å². The van der Waals surface area contributed by atoms with Crippen LogP contribution in [-0.4, -0.2) is 18.0 Å². The number of benzene rings is 1. The molecule has 0 amide bonds. The van der Waals surface area contributed by atoms with Crippen LogP contribution in [0.2, 0.25) is 0 Å². The van der Waals surface area contributed by atoms with E-state index >= 15 is 0 Å². The monoisotopic (exact) mass is 214 g/mol. The highest BCUT2D eigenvalue weighted by Crippen LogP contribution is 2.15. The molecule has 84 valence electrons. The fourth-order valence-corrected chi connectivity index (χ4v) is 2.26. The normalized spacial score (nSPS) is 17.0. The maximum Gasteiger partial charge on any atom is 0.0994 e. The maximum absolute atomic E-state index is 8.99. The molecule has 1 fully saturated rings. The van der Waals surface area contributed by atoms with Crippen LogP contribution in [0, 0.1) is 18.3 Å². The molecule has 2 heteroatoms. The van der Waals surface area contributed by atoms with Crippen LogP contribution in [-0.2, 0) is 6.54 Å². The highest BCUT2D eigenvalue weighted by Gasteiger charge is 2.10. The van der Waals surface area contributed by atoms with Gasteiger partial charge in [-0.3, -0.25) is 4.90 Å². The lowest BCUT2D eigenvalue weighted by molar-refractivity contribution is 0.221. The van der Waals surface area contributed by atoms with Gasteiger partial charge in [0.15, 0.2) is 0 Å². The van der Waals surface area contributed by atoms with Crippen LogP contribution in [0.3, 0.4) is 0 Å². The first kappa shape index (κ1) is 11.2. The average Bonchev–Trinajstić information content (AvgIpc) is 2.33. The van der Waals surface area contributed by atoms with Crippen molar-refractivity contribution < 1.29 is 0 Å². The third-order valence-electron chi connectivity index (χ3n) is 3.28. The van der Waals surface area contributed by atoms with Crippen molar-refractivity contribution in [3.8, 4) is 6.07 Å². The Kier molecular flexibility index (Phi) is 3.58. The molecule has 1 aromatic rings. The SMILES string of the molecule is Cc1ccc(CN2CCCCC2)cc1C#N. The van der Waals surface area contributed by atoms with Crippen molar-refractivity contribution in [3.63, 3.8) is 0 Å². The van der Waals surface area contributed by atoms with Crippen LogP contribution in [0.25, 0.3) is 0 Å². The van der Waals surface area contributed by atoms with E-state index in [4.69, 9.17) is 5.26 Å². The third-order valence-corrected chi connectivity index (χ3v) is 3.28. The van der Waals surface area contributed by atoms with E-state index in [0.29, 0.717) is 0 Å². The summed E-state index contributed by atoms with van der Waals surface area (Å²) in [6.45, 7) is 5.39. The average molecular weight is 214 g/mol. The Morgan fingerprint density at radius 1 is 1.25 bits per heavy atom. The molecule has 0 spiro atoms. The van der Waals surface area contributed by atoms with Crippen molar-refractivity contribution in [1.29, 1.82) is 5.26 Å². The Balaban J connectivity index is 2.06. The second kappa shape index (κ2) is 5.14. The summed E-state index contributed by atoms with van der Waals surface area (Å²) in [6.07, 6.45) is 4.00. The van der Waals surface area contributed by atoms with Gasteiger partial charge in [-0.05, 0) is 50.0 Å². The minimum atomic E-state index is 0.814. The van der Waals surface area contributed by atoms with Crippen LogP contribution in [0.4, 0.5) is 0 Å².